The monoisotopic (exact) mass is 469 g/mol. The van der Waals surface area contributed by atoms with Crippen LogP contribution >= 0.6 is 23.2 Å². The largest absolute Gasteiger partial charge is 0.461 e. The predicted molar refractivity (Wildman–Crippen MR) is 113 cm³/mol. The van der Waals surface area contributed by atoms with Crippen LogP contribution in [0, 0.1) is 6.92 Å². The van der Waals surface area contributed by atoms with Gasteiger partial charge in [0, 0.05) is 33.6 Å². The molecule has 0 saturated carbocycles. The average molecular weight is 470 g/mol. The lowest BCUT2D eigenvalue weighted by molar-refractivity contribution is -0.144. The van der Waals surface area contributed by atoms with E-state index in [1.807, 2.05) is 0 Å². The number of halogens is 2. The van der Waals surface area contributed by atoms with Crippen molar-refractivity contribution in [3.05, 3.63) is 74.1 Å². The number of hydrogen-bond donors (Lipinski definition) is 1. The van der Waals surface area contributed by atoms with Crippen LogP contribution < -0.4 is 10.3 Å². The van der Waals surface area contributed by atoms with E-state index < -0.39 is 21.6 Å². The van der Waals surface area contributed by atoms with Crippen LogP contribution in [0.3, 0.4) is 0 Å². The molecule has 0 aliphatic carbocycles. The van der Waals surface area contributed by atoms with Gasteiger partial charge in [0.2, 0.25) is 10.0 Å². The Bertz CT molecular complexity index is 1270. The molecule has 0 bridgehead atoms. The Morgan fingerprint density at radius 1 is 1.17 bits per heavy atom. The van der Waals surface area contributed by atoms with Gasteiger partial charge in [0.15, 0.2) is 0 Å². The Hall–Kier alpha value is -2.39. The fraction of sp³-hybridized carbons (Fsp3) is 0.200. The zero-order valence-corrected chi connectivity index (χ0v) is 18.1. The molecule has 0 fully saturated rings. The molecule has 30 heavy (non-hydrogen) atoms. The number of benzene rings is 2. The average Bonchev–Trinajstić information content (AvgIpc) is 2.67. The van der Waals surface area contributed by atoms with Crippen LogP contribution in [0.4, 0.5) is 0 Å². The van der Waals surface area contributed by atoms with Crippen LogP contribution in [0.1, 0.15) is 17.5 Å². The number of carbonyl (C=O) groups is 1. The molecule has 0 atom stereocenters. The molecule has 0 saturated heterocycles. The highest BCUT2D eigenvalue weighted by molar-refractivity contribution is 7.89. The van der Waals surface area contributed by atoms with E-state index in [4.69, 9.17) is 32.4 Å². The number of sulfonamides is 1. The topological polar surface area (TPSA) is 103 Å². The standard InChI is InChI=1S/C20H17Cl2NO6S/c1-12-7-18-16(10-17(12)22)13(8-20(25)29-18)11-28-19(24)5-6-23-30(26,27)15-4-2-3-14(21)9-15/h2-4,7-10,23H,5-6,11H2,1H3. The van der Waals surface area contributed by atoms with Crippen molar-refractivity contribution in [2.45, 2.75) is 24.8 Å². The first-order chi connectivity index (χ1) is 14.2. The van der Waals surface area contributed by atoms with Crippen molar-refractivity contribution in [3.63, 3.8) is 0 Å². The summed E-state index contributed by atoms with van der Waals surface area (Å²) in [5, 5.41) is 1.33. The second kappa shape index (κ2) is 9.18. The summed E-state index contributed by atoms with van der Waals surface area (Å²) >= 11 is 11.9. The fourth-order valence-corrected chi connectivity index (χ4v) is 4.20. The maximum Gasteiger partial charge on any atom is 0.336 e. The van der Waals surface area contributed by atoms with Gasteiger partial charge < -0.3 is 9.15 Å². The van der Waals surface area contributed by atoms with Gasteiger partial charge in [-0.1, -0.05) is 29.3 Å². The molecular weight excluding hydrogens is 453 g/mol. The Kier molecular flexibility index (Phi) is 6.82. The molecule has 1 heterocycles. The van der Waals surface area contributed by atoms with Crippen molar-refractivity contribution in [1.29, 1.82) is 0 Å². The Morgan fingerprint density at radius 3 is 2.67 bits per heavy atom. The lowest BCUT2D eigenvalue weighted by atomic mass is 10.1. The molecule has 7 nitrogen and oxygen atoms in total. The summed E-state index contributed by atoms with van der Waals surface area (Å²) in [5.74, 6) is -0.636. The highest BCUT2D eigenvalue weighted by atomic mass is 35.5. The van der Waals surface area contributed by atoms with Gasteiger partial charge in [0.25, 0.3) is 0 Å². The molecule has 0 aliphatic heterocycles. The minimum absolute atomic E-state index is 0.00183. The number of rotatable bonds is 7. The predicted octanol–water partition coefficient (Wildman–Crippen LogP) is 3.82. The van der Waals surface area contributed by atoms with Crippen LogP contribution in [0.25, 0.3) is 11.0 Å². The van der Waals surface area contributed by atoms with Gasteiger partial charge in [-0.2, -0.15) is 0 Å². The smallest absolute Gasteiger partial charge is 0.336 e. The first-order valence-corrected chi connectivity index (χ1v) is 11.0. The molecule has 1 aromatic heterocycles. The van der Waals surface area contributed by atoms with Crippen LogP contribution in [0.5, 0.6) is 0 Å². The molecule has 2 aromatic carbocycles. The third-order valence-electron chi connectivity index (χ3n) is 4.23. The van der Waals surface area contributed by atoms with E-state index in [0.29, 0.717) is 21.6 Å². The molecule has 0 amide bonds. The van der Waals surface area contributed by atoms with E-state index >= 15 is 0 Å². The fourth-order valence-electron chi connectivity index (χ4n) is 2.70. The lowest BCUT2D eigenvalue weighted by Crippen LogP contribution is -2.26. The van der Waals surface area contributed by atoms with E-state index in [1.54, 1.807) is 25.1 Å². The van der Waals surface area contributed by atoms with Crippen LogP contribution in [0.2, 0.25) is 10.0 Å². The Morgan fingerprint density at radius 2 is 1.93 bits per heavy atom. The van der Waals surface area contributed by atoms with Crippen molar-refractivity contribution < 1.29 is 22.4 Å². The van der Waals surface area contributed by atoms with Crippen molar-refractivity contribution in [2.75, 3.05) is 6.54 Å². The summed E-state index contributed by atoms with van der Waals surface area (Å²) in [5.41, 5.74) is 0.943. The maximum absolute atomic E-state index is 12.2. The van der Waals surface area contributed by atoms with Gasteiger partial charge >= 0.3 is 11.6 Å². The lowest BCUT2D eigenvalue weighted by Gasteiger charge is -2.09. The van der Waals surface area contributed by atoms with Crippen molar-refractivity contribution in [3.8, 4) is 0 Å². The van der Waals surface area contributed by atoms with E-state index in [-0.39, 0.29) is 29.5 Å². The molecule has 3 aromatic rings. The van der Waals surface area contributed by atoms with E-state index in [0.717, 1.165) is 5.56 Å². The van der Waals surface area contributed by atoms with Gasteiger partial charge in [0.1, 0.15) is 12.2 Å². The normalized spacial score (nSPS) is 11.6. The zero-order chi connectivity index (χ0) is 21.9. The molecule has 3 rings (SSSR count). The van der Waals surface area contributed by atoms with Gasteiger partial charge in [-0.3, -0.25) is 4.79 Å². The molecular formula is C20H17Cl2NO6S. The summed E-state index contributed by atoms with van der Waals surface area (Å²) in [6.45, 7) is 1.44. The number of hydrogen-bond acceptors (Lipinski definition) is 6. The number of ether oxygens (including phenoxy) is 1. The number of fused-ring (bicyclic) bond motifs is 1. The van der Waals surface area contributed by atoms with E-state index in [2.05, 4.69) is 4.72 Å². The SMILES string of the molecule is Cc1cc2oc(=O)cc(COC(=O)CCNS(=O)(=O)c3cccc(Cl)c3)c2cc1Cl. The summed E-state index contributed by atoms with van der Waals surface area (Å²) in [7, 11) is -3.80. The van der Waals surface area contributed by atoms with Gasteiger partial charge in [-0.05, 0) is 42.8 Å². The number of esters is 1. The quantitative estimate of drug-likeness (QED) is 0.416. The minimum Gasteiger partial charge on any atom is -0.461 e. The van der Waals surface area contributed by atoms with Crippen molar-refractivity contribution in [2.24, 2.45) is 0 Å². The summed E-state index contributed by atoms with van der Waals surface area (Å²) in [6, 6.07) is 10.3. The van der Waals surface area contributed by atoms with Gasteiger partial charge in [-0.15, -0.1) is 0 Å². The number of aryl methyl sites for hydroxylation is 1. The van der Waals surface area contributed by atoms with Gasteiger partial charge in [0.05, 0.1) is 11.3 Å². The molecule has 10 heteroatoms. The minimum atomic E-state index is -3.80. The first kappa shape index (κ1) is 22.3. The highest BCUT2D eigenvalue weighted by Gasteiger charge is 2.15. The van der Waals surface area contributed by atoms with E-state index in [1.165, 1.54) is 24.3 Å². The van der Waals surface area contributed by atoms with Crippen molar-refractivity contribution >= 4 is 50.2 Å². The molecule has 0 aliphatic rings. The highest BCUT2D eigenvalue weighted by Crippen LogP contribution is 2.25. The molecule has 0 spiro atoms. The second-order valence-corrected chi connectivity index (χ2v) is 9.06. The third-order valence-corrected chi connectivity index (χ3v) is 6.33. The Labute approximate surface area is 182 Å². The molecule has 0 radical (unpaired) electrons. The third kappa shape index (κ3) is 5.40. The number of carbonyl (C=O) groups excluding carboxylic acids is 1. The summed E-state index contributed by atoms with van der Waals surface area (Å²) in [4.78, 5) is 23.8. The van der Waals surface area contributed by atoms with Crippen molar-refractivity contribution in [1.82, 2.24) is 4.72 Å². The molecule has 158 valence electrons. The molecule has 1 N–H and O–H groups in total. The summed E-state index contributed by atoms with van der Waals surface area (Å²) < 4.78 is 37.1. The van der Waals surface area contributed by atoms with Crippen LogP contribution in [-0.4, -0.2) is 20.9 Å². The van der Waals surface area contributed by atoms with Crippen LogP contribution in [0.15, 0.2) is 56.6 Å². The van der Waals surface area contributed by atoms with Gasteiger partial charge in [-0.25, -0.2) is 17.9 Å². The Balaban J connectivity index is 1.61. The molecule has 0 unspecified atom stereocenters. The summed E-state index contributed by atoms with van der Waals surface area (Å²) in [6.07, 6.45) is -0.195. The zero-order valence-electron chi connectivity index (χ0n) is 15.8. The van der Waals surface area contributed by atoms with Crippen LogP contribution in [-0.2, 0) is 26.2 Å². The maximum atomic E-state index is 12.2. The second-order valence-electron chi connectivity index (χ2n) is 6.45. The first-order valence-electron chi connectivity index (χ1n) is 8.79. The number of nitrogens with one attached hydrogen (secondary N) is 1. The van der Waals surface area contributed by atoms with E-state index in [9.17, 15) is 18.0 Å².